The molecule has 180 valence electrons. The maximum absolute atomic E-state index is 14.0. The van der Waals surface area contributed by atoms with Crippen LogP contribution in [-0.4, -0.2) is 52.4 Å². The minimum atomic E-state index is -0.972. The van der Waals surface area contributed by atoms with Gasteiger partial charge in [-0.05, 0) is 43.5 Å². The van der Waals surface area contributed by atoms with Crippen molar-refractivity contribution in [3.8, 4) is 11.4 Å². The van der Waals surface area contributed by atoms with Crippen LogP contribution in [0.15, 0.2) is 18.2 Å². The Bertz CT molecular complexity index is 1040. The third-order valence-electron chi connectivity index (χ3n) is 6.30. The first-order chi connectivity index (χ1) is 15.5. The summed E-state index contributed by atoms with van der Waals surface area (Å²) in [5.41, 5.74) is 0.747. The number of carbonyl (C=O) groups excluding carboxylic acids is 2. The first-order valence-electron chi connectivity index (χ1n) is 11.2. The van der Waals surface area contributed by atoms with E-state index in [2.05, 4.69) is 27.4 Å². The predicted molar refractivity (Wildman–Crippen MR) is 123 cm³/mol. The summed E-state index contributed by atoms with van der Waals surface area (Å²) >= 11 is 0. The van der Waals surface area contributed by atoms with E-state index in [1.807, 2.05) is 32.4 Å². The van der Waals surface area contributed by atoms with E-state index in [9.17, 15) is 18.4 Å². The molecule has 1 unspecified atom stereocenters. The predicted octanol–water partition coefficient (Wildman–Crippen LogP) is 3.33. The smallest absolute Gasteiger partial charge is 0.272 e. The average Bonchev–Trinajstić information content (AvgIpc) is 3.02. The molecule has 0 spiro atoms. The standard InChI is InChI=1S/C24H33F2N5O2/c1-7-15-10-11-31-18(13-30(15)6)19(22(32)29-20(23(33)27-5)24(2,3)4)28-21(31)14-8-9-16(25)17(26)12-14/h8-9,12,15,20H,7,10-11,13H2,1-6H3,(H,27,33)(H,29,32)/t15?,20-/m1/s1. The second-order valence-corrected chi connectivity index (χ2v) is 9.66. The van der Waals surface area contributed by atoms with Crippen molar-refractivity contribution in [2.75, 3.05) is 14.1 Å². The number of nitrogens with zero attached hydrogens (tertiary/aromatic N) is 3. The topological polar surface area (TPSA) is 79.3 Å². The molecule has 0 aliphatic carbocycles. The number of aromatic nitrogens is 2. The molecule has 2 atom stereocenters. The third kappa shape index (κ3) is 5.08. The van der Waals surface area contributed by atoms with Gasteiger partial charge in [0.25, 0.3) is 5.91 Å². The largest absolute Gasteiger partial charge is 0.357 e. The number of carbonyl (C=O) groups is 2. The van der Waals surface area contributed by atoms with Crippen molar-refractivity contribution >= 4 is 11.8 Å². The second-order valence-electron chi connectivity index (χ2n) is 9.66. The summed E-state index contributed by atoms with van der Waals surface area (Å²) in [7, 11) is 3.52. The molecule has 1 aromatic heterocycles. The number of benzene rings is 1. The molecule has 2 heterocycles. The van der Waals surface area contributed by atoms with Gasteiger partial charge in [-0.15, -0.1) is 0 Å². The van der Waals surface area contributed by atoms with E-state index >= 15 is 0 Å². The third-order valence-corrected chi connectivity index (χ3v) is 6.30. The Labute approximate surface area is 193 Å². The molecule has 0 fully saturated rings. The molecule has 0 bridgehead atoms. The van der Waals surface area contributed by atoms with Gasteiger partial charge in [0.2, 0.25) is 5.91 Å². The van der Waals surface area contributed by atoms with Crippen molar-refractivity contribution in [1.82, 2.24) is 25.1 Å². The number of imidazole rings is 1. The summed E-state index contributed by atoms with van der Waals surface area (Å²) in [6.07, 6.45) is 1.77. The molecule has 7 nitrogen and oxygen atoms in total. The number of rotatable bonds is 5. The van der Waals surface area contributed by atoms with Gasteiger partial charge >= 0.3 is 0 Å². The van der Waals surface area contributed by atoms with E-state index in [1.165, 1.54) is 13.1 Å². The van der Waals surface area contributed by atoms with Gasteiger partial charge < -0.3 is 15.2 Å². The van der Waals surface area contributed by atoms with Crippen LogP contribution in [-0.2, 0) is 17.9 Å². The van der Waals surface area contributed by atoms with E-state index in [-0.39, 0.29) is 11.6 Å². The molecule has 0 saturated heterocycles. The molecule has 2 amide bonds. The SMILES string of the molecule is CCC1CCn2c(-c3ccc(F)c(F)c3)nc(C(=O)N[C@H](C(=O)NC)C(C)(C)C)c2CN1C. The Kier molecular flexibility index (Phi) is 7.21. The van der Waals surface area contributed by atoms with Crippen molar-refractivity contribution in [3.05, 3.63) is 41.2 Å². The average molecular weight is 462 g/mol. The Morgan fingerprint density at radius 3 is 2.52 bits per heavy atom. The summed E-state index contributed by atoms with van der Waals surface area (Å²) in [6.45, 7) is 8.78. The van der Waals surface area contributed by atoms with Crippen LogP contribution in [0.1, 0.15) is 56.7 Å². The molecular weight excluding hydrogens is 428 g/mol. The van der Waals surface area contributed by atoms with Crippen molar-refractivity contribution < 1.29 is 18.4 Å². The van der Waals surface area contributed by atoms with Gasteiger partial charge in [0.1, 0.15) is 11.9 Å². The van der Waals surface area contributed by atoms with Crippen LogP contribution in [0.2, 0.25) is 0 Å². The van der Waals surface area contributed by atoms with E-state index in [0.717, 1.165) is 25.0 Å². The fourth-order valence-corrected chi connectivity index (χ4v) is 4.32. The number of fused-ring (bicyclic) bond motifs is 1. The molecule has 9 heteroatoms. The van der Waals surface area contributed by atoms with Crippen molar-refractivity contribution in [1.29, 1.82) is 0 Å². The maximum Gasteiger partial charge on any atom is 0.272 e. The van der Waals surface area contributed by atoms with Crippen molar-refractivity contribution in [3.63, 3.8) is 0 Å². The molecule has 0 saturated carbocycles. The van der Waals surface area contributed by atoms with Crippen molar-refractivity contribution in [2.45, 2.75) is 65.7 Å². The molecule has 1 aliphatic heterocycles. The van der Waals surface area contributed by atoms with Gasteiger partial charge in [0.05, 0.1) is 5.69 Å². The van der Waals surface area contributed by atoms with Crippen LogP contribution in [0, 0.1) is 17.0 Å². The molecule has 2 aromatic rings. The van der Waals surface area contributed by atoms with Crippen LogP contribution in [0.25, 0.3) is 11.4 Å². The van der Waals surface area contributed by atoms with Crippen LogP contribution in [0.4, 0.5) is 8.78 Å². The number of amides is 2. The highest BCUT2D eigenvalue weighted by Crippen LogP contribution is 2.29. The fourth-order valence-electron chi connectivity index (χ4n) is 4.32. The highest BCUT2D eigenvalue weighted by Gasteiger charge is 2.35. The van der Waals surface area contributed by atoms with Gasteiger partial charge in [0.15, 0.2) is 17.3 Å². The molecule has 0 radical (unpaired) electrons. The zero-order valence-corrected chi connectivity index (χ0v) is 20.1. The Balaban J connectivity index is 2.09. The zero-order chi connectivity index (χ0) is 24.5. The fraction of sp³-hybridized carbons (Fsp3) is 0.542. The Hall–Kier alpha value is -2.81. The summed E-state index contributed by atoms with van der Waals surface area (Å²) in [6, 6.07) is 3.16. The highest BCUT2D eigenvalue weighted by molar-refractivity contribution is 5.97. The minimum absolute atomic E-state index is 0.191. The summed E-state index contributed by atoms with van der Waals surface area (Å²) < 4.78 is 29.5. The Morgan fingerprint density at radius 2 is 1.94 bits per heavy atom. The van der Waals surface area contributed by atoms with Gasteiger partial charge in [0, 0.05) is 31.7 Å². The normalized spacial score (nSPS) is 17.8. The highest BCUT2D eigenvalue weighted by atomic mass is 19.2. The minimum Gasteiger partial charge on any atom is -0.357 e. The summed E-state index contributed by atoms with van der Waals surface area (Å²) in [5.74, 6) is -2.28. The second kappa shape index (κ2) is 9.59. The molecule has 1 aromatic carbocycles. The van der Waals surface area contributed by atoms with E-state index in [4.69, 9.17) is 0 Å². The molecular formula is C24H33F2N5O2. The summed E-state index contributed by atoms with van der Waals surface area (Å²) in [4.78, 5) is 32.6. The van der Waals surface area contributed by atoms with Crippen molar-refractivity contribution in [2.24, 2.45) is 5.41 Å². The molecule has 3 rings (SSSR count). The Morgan fingerprint density at radius 1 is 1.24 bits per heavy atom. The molecule has 1 aliphatic rings. The lowest BCUT2D eigenvalue weighted by atomic mass is 9.86. The lowest BCUT2D eigenvalue weighted by molar-refractivity contribution is -0.124. The van der Waals surface area contributed by atoms with Crippen LogP contribution < -0.4 is 10.6 Å². The number of nitrogens with one attached hydrogen (secondary N) is 2. The van der Waals surface area contributed by atoms with Crippen LogP contribution in [0.3, 0.4) is 0 Å². The number of hydrogen-bond donors (Lipinski definition) is 2. The van der Waals surface area contributed by atoms with E-state index in [1.54, 1.807) is 0 Å². The van der Waals surface area contributed by atoms with Gasteiger partial charge in [-0.25, -0.2) is 13.8 Å². The van der Waals surface area contributed by atoms with Gasteiger partial charge in [-0.3, -0.25) is 14.5 Å². The summed E-state index contributed by atoms with van der Waals surface area (Å²) in [5, 5.41) is 5.44. The van der Waals surface area contributed by atoms with E-state index in [0.29, 0.717) is 36.2 Å². The van der Waals surface area contributed by atoms with Crippen LogP contribution >= 0.6 is 0 Å². The first kappa shape index (κ1) is 24.8. The lowest BCUT2D eigenvalue weighted by Crippen LogP contribution is -2.53. The number of hydrogen-bond acceptors (Lipinski definition) is 4. The van der Waals surface area contributed by atoms with Crippen LogP contribution in [0.5, 0.6) is 0 Å². The number of likely N-dealkylation sites (N-methyl/N-ethyl adjacent to an activating group) is 1. The van der Waals surface area contributed by atoms with E-state index < -0.39 is 29.0 Å². The van der Waals surface area contributed by atoms with Gasteiger partial charge in [-0.1, -0.05) is 27.7 Å². The number of halogens is 2. The molecule has 2 N–H and O–H groups in total. The first-order valence-corrected chi connectivity index (χ1v) is 11.2. The zero-order valence-electron chi connectivity index (χ0n) is 20.1. The van der Waals surface area contributed by atoms with Gasteiger partial charge in [-0.2, -0.15) is 0 Å². The maximum atomic E-state index is 14.0. The lowest BCUT2D eigenvalue weighted by Gasteiger charge is -2.29. The molecule has 33 heavy (non-hydrogen) atoms. The quantitative estimate of drug-likeness (QED) is 0.716. The monoisotopic (exact) mass is 461 g/mol.